The summed E-state index contributed by atoms with van der Waals surface area (Å²) in [4.78, 5) is 4.92. The third-order valence-electron chi connectivity index (χ3n) is 11.0. The molecule has 0 bridgehead atoms. The molecule has 8 aromatic carbocycles. The standard InChI is InChI=1S/C48H32BN3/c1-3-15-34(16-4-1)51-43-25-12-9-22-40(43)49-47-37(21-13-26-44(47)52(35-17-5-2-6-18-35)46-28-14-27-45(51)48(46)49)33-29-31-36(32-30-33)50-41-23-10-7-19-38(41)39-20-8-11-24-42(39)50/h1-32H. The Bertz CT molecular complexity index is 2740. The maximum Gasteiger partial charge on any atom is 0.252 e. The first-order chi connectivity index (χ1) is 25.8. The van der Waals surface area contributed by atoms with Crippen molar-refractivity contribution in [3.8, 4) is 16.8 Å². The molecule has 0 spiro atoms. The zero-order valence-corrected chi connectivity index (χ0v) is 28.4. The van der Waals surface area contributed by atoms with Gasteiger partial charge in [-0.05, 0) is 100 Å². The summed E-state index contributed by atoms with van der Waals surface area (Å²) in [5.74, 6) is 0. The highest BCUT2D eigenvalue weighted by molar-refractivity contribution is 7.01. The molecule has 0 radical (unpaired) electrons. The minimum absolute atomic E-state index is 0.0468. The molecule has 0 aliphatic carbocycles. The van der Waals surface area contributed by atoms with Crippen LogP contribution in [-0.4, -0.2) is 11.3 Å². The molecule has 9 aromatic rings. The fourth-order valence-corrected chi connectivity index (χ4v) is 8.88. The molecule has 4 heteroatoms. The van der Waals surface area contributed by atoms with Crippen molar-refractivity contribution in [2.45, 2.75) is 0 Å². The Balaban J connectivity index is 1.15. The second kappa shape index (κ2) is 11.4. The lowest BCUT2D eigenvalue weighted by Gasteiger charge is -2.44. The number of hydrogen-bond acceptors (Lipinski definition) is 2. The highest BCUT2D eigenvalue weighted by atomic mass is 15.2. The van der Waals surface area contributed by atoms with E-state index in [9.17, 15) is 0 Å². The summed E-state index contributed by atoms with van der Waals surface area (Å²) >= 11 is 0. The van der Waals surface area contributed by atoms with Crippen LogP contribution in [0.1, 0.15) is 0 Å². The highest BCUT2D eigenvalue weighted by Crippen LogP contribution is 2.45. The van der Waals surface area contributed by atoms with E-state index in [2.05, 4.69) is 208 Å². The van der Waals surface area contributed by atoms with Crippen molar-refractivity contribution < 1.29 is 0 Å². The third-order valence-corrected chi connectivity index (χ3v) is 11.0. The summed E-state index contributed by atoms with van der Waals surface area (Å²) in [6.07, 6.45) is 0. The van der Waals surface area contributed by atoms with Crippen LogP contribution >= 0.6 is 0 Å². The number of para-hydroxylation sites is 5. The van der Waals surface area contributed by atoms with E-state index < -0.39 is 0 Å². The van der Waals surface area contributed by atoms with Crippen LogP contribution in [0.25, 0.3) is 38.6 Å². The molecule has 52 heavy (non-hydrogen) atoms. The first-order valence-electron chi connectivity index (χ1n) is 18.0. The van der Waals surface area contributed by atoms with Crippen molar-refractivity contribution in [2.24, 2.45) is 0 Å². The van der Waals surface area contributed by atoms with Gasteiger partial charge >= 0.3 is 0 Å². The maximum atomic E-state index is 2.47. The van der Waals surface area contributed by atoms with Gasteiger partial charge < -0.3 is 14.4 Å². The van der Waals surface area contributed by atoms with Gasteiger partial charge in [0.15, 0.2) is 0 Å². The van der Waals surface area contributed by atoms with Crippen molar-refractivity contribution >= 4 is 79.0 Å². The van der Waals surface area contributed by atoms with Crippen molar-refractivity contribution in [1.29, 1.82) is 0 Å². The SMILES string of the molecule is c1ccc(N2c3ccccc3B3c4c(-c5ccc(-n6c7ccccc7c7ccccc76)cc5)cccc4N(c4ccccc4)c4cccc2c43)cc1. The number of fused-ring (bicyclic) bond motifs is 7. The van der Waals surface area contributed by atoms with E-state index in [1.807, 2.05) is 0 Å². The molecule has 0 amide bonds. The summed E-state index contributed by atoms with van der Waals surface area (Å²) in [7, 11) is 0. The molecule has 0 fully saturated rings. The van der Waals surface area contributed by atoms with E-state index in [0.29, 0.717) is 0 Å². The Morgan fingerprint density at radius 3 is 1.44 bits per heavy atom. The van der Waals surface area contributed by atoms with Crippen molar-refractivity contribution in [2.75, 3.05) is 9.80 Å². The van der Waals surface area contributed by atoms with E-state index >= 15 is 0 Å². The largest absolute Gasteiger partial charge is 0.311 e. The molecule has 0 saturated heterocycles. The minimum atomic E-state index is 0.0468. The summed E-state index contributed by atoms with van der Waals surface area (Å²) in [6.45, 7) is 0.0468. The molecule has 3 heterocycles. The number of rotatable bonds is 4. The molecule has 0 atom stereocenters. The van der Waals surface area contributed by atoms with Crippen LogP contribution in [0.4, 0.5) is 34.1 Å². The molecule has 3 nitrogen and oxygen atoms in total. The van der Waals surface area contributed by atoms with Gasteiger partial charge in [-0.3, -0.25) is 0 Å². The molecule has 0 unspecified atom stereocenters. The summed E-state index contributed by atoms with van der Waals surface area (Å²) in [5.41, 5.74) is 17.2. The number of anilines is 6. The quantitative estimate of drug-likeness (QED) is 0.174. The molecular formula is C48H32BN3. The normalized spacial score (nSPS) is 12.9. The van der Waals surface area contributed by atoms with Gasteiger partial charge in [0.1, 0.15) is 0 Å². The molecule has 242 valence electrons. The molecule has 2 aliphatic heterocycles. The van der Waals surface area contributed by atoms with Crippen LogP contribution in [0, 0.1) is 0 Å². The van der Waals surface area contributed by atoms with Gasteiger partial charge in [-0.15, -0.1) is 0 Å². The van der Waals surface area contributed by atoms with E-state index in [1.54, 1.807) is 0 Å². The average Bonchev–Trinajstić information content (AvgIpc) is 3.55. The molecule has 0 N–H and O–H groups in total. The lowest BCUT2D eigenvalue weighted by Crippen LogP contribution is -2.61. The van der Waals surface area contributed by atoms with Crippen molar-refractivity contribution in [1.82, 2.24) is 4.57 Å². The molecule has 1 aromatic heterocycles. The Morgan fingerprint density at radius 2 is 0.808 bits per heavy atom. The van der Waals surface area contributed by atoms with Gasteiger partial charge in [0, 0.05) is 50.6 Å². The molecule has 2 aliphatic rings. The van der Waals surface area contributed by atoms with Gasteiger partial charge in [0.25, 0.3) is 6.71 Å². The van der Waals surface area contributed by atoms with E-state index in [4.69, 9.17) is 0 Å². The van der Waals surface area contributed by atoms with Gasteiger partial charge in [-0.2, -0.15) is 0 Å². The fraction of sp³-hybridized carbons (Fsp3) is 0. The first kappa shape index (κ1) is 29.0. The van der Waals surface area contributed by atoms with Gasteiger partial charge in [-0.1, -0.05) is 121 Å². The smallest absolute Gasteiger partial charge is 0.252 e. The van der Waals surface area contributed by atoms with E-state index in [-0.39, 0.29) is 6.71 Å². The maximum absolute atomic E-state index is 2.47. The molecular weight excluding hydrogens is 629 g/mol. The number of nitrogens with zero attached hydrogens (tertiary/aromatic N) is 3. The zero-order chi connectivity index (χ0) is 34.2. The molecule has 0 saturated carbocycles. The second-order valence-electron chi connectivity index (χ2n) is 13.7. The number of hydrogen-bond donors (Lipinski definition) is 0. The first-order valence-corrected chi connectivity index (χ1v) is 18.0. The van der Waals surface area contributed by atoms with Crippen molar-refractivity contribution in [3.05, 3.63) is 194 Å². The minimum Gasteiger partial charge on any atom is -0.311 e. The number of aromatic nitrogens is 1. The fourth-order valence-electron chi connectivity index (χ4n) is 8.88. The van der Waals surface area contributed by atoms with Crippen LogP contribution in [0.15, 0.2) is 194 Å². The Kier molecular flexibility index (Phi) is 6.35. The van der Waals surface area contributed by atoms with Crippen LogP contribution < -0.4 is 26.2 Å². The lowest BCUT2D eigenvalue weighted by molar-refractivity contribution is 1.18. The Morgan fingerprint density at radius 1 is 0.327 bits per heavy atom. The predicted molar refractivity (Wildman–Crippen MR) is 220 cm³/mol. The topological polar surface area (TPSA) is 11.4 Å². The Labute approximate surface area is 303 Å². The van der Waals surface area contributed by atoms with Gasteiger partial charge in [0.2, 0.25) is 0 Å². The predicted octanol–water partition coefficient (Wildman–Crippen LogP) is 10.5. The van der Waals surface area contributed by atoms with Crippen LogP contribution in [0.2, 0.25) is 0 Å². The van der Waals surface area contributed by atoms with E-state index in [0.717, 1.165) is 17.1 Å². The van der Waals surface area contributed by atoms with Crippen LogP contribution in [-0.2, 0) is 0 Å². The van der Waals surface area contributed by atoms with Gasteiger partial charge in [-0.25, -0.2) is 0 Å². The number of benzene rings is 8. The van der Waals surface area contributed by atoms with Crippen LogP contribution in [0.3, 0.4) is 0 Å². The lowest BCUT2D eigenvalue weighted by atomic mass is 9.32. The highest BCUT2D eigenvalue weighted by Gasteiger charge is 2.44. The second-order valence-corrected chi connectivity index (χ2v) is 13.7. The Hall–Kier alpha value is -6.78. The zero-order valence-electron chi connectivity index (χ0n) is 28.4. The van der Waals surface area contributed by atoms with Crippen LogP contribution in [0.5, 0.6) is 0 Å². The summed E-state index contributed by atoms with van der Waals surface area (Å²) < 4.78 is 2.39. The van der Waals surface area contributed by atoms with Gasteiger partial charge in [0.05, 0.1) is 11.0 Å². The summed E-state index contributed by atoms with van der Waals surface area (Å²) in [6, 6.07) is 70.9. The third kappa shape index (κ3) is 4.15. The summed E-state index contributed by atoms with van der Waals surface area (Å²) in [5, 5.41) is 2.55. The van der Waals surface area contributed by atoms with Crippen molar-refractivity contribution in [3.63, 3.8) is 0 Å². The molecule has 11 rings (SSSR count). The van der Waals surface area contributed by atoms with E-state index in [1.165, 1.54) is 72.1 Å². The monoisotopic (exact) mass is 661 g/mol. The average molecular weight is 662 g/mol.